The minimum Gasteiger partial charge on any atom is -0.384 e. The number of anilines is 2. The minimum atomic E-state index is -4.42. The summed E-state index contributed by atoms with van der Waals surface area (Å²) < 4.78 is 37.5. The molecule has 0 saturated heterocycles. The Morgan fingerprint density at radius 1 is 1.12 bits per heavy atom. The largest absolute Gasteiger partial charge is 0.416 e. The van der Waals surface area contributed by atoms with E-state index >= 15 is 0 Å². The second-order valence-electron chi connectivity index (χ2n) is 5.24. The van der Waals surface area contributed by atoms with E-state index in [1.54, 1.807) is 18.3 Å². The Bertz CT molecular complexity index is 667. The summed E-state index contributed by atoms with van der Waals surface area (Å²) in [5, 5.41) is 5.75. The standard InChI is InChI=1S/C17H18F3N3O/c1-2-3-10-21-14-8-9-15(22-11-14)23-16(24)12-4-6-13(7-5-12)17(18,19)20/h4-9,11,21H,2-3,10H2,1H3,(H,22,23,24). The summed E-state index contributed by atoms with van der Waals surface area (Å²) >= 11 is 0. The smallest absolute Gasteiger partial charge is 0.384 e. The first-order valence-corrected chi connectivity index (χ1v) is 7.58. The van der Waals surface area contributed by atoms with Crippen molar-refractivity contribution in [3.8, 4) is 0 Å². The summed E-state index contributed by atoms with van der Waals surface area (Å²) in [5.74, 6) is -0.177. The summed E-state index contributed by atoms with van der Waals surface area (Å²) in [6.45, 7) is 2.94. The molecule has 0 unspecified atom stereocenters. The number of pyridine rings is 1. The van der Waals surface area contributed by atoms with E-state index in [1.807, 2.05) is 0 Å². The van der Waals surface area contributed by atoms with E-state index in [2.05, 4.69) is 22.5 Å². The Kier molecular flexibility index (Phi) is 5.78. The first-order valence-electron chi connectivity index (χ1n) is 7.58. The van der Waals surface area contributed by atoms with Crippen molar-refractivity contribution >= 4 is 17.4 Å². The highest BCUT2D eigenvalue weighted by Gasteiger charge is 2.30. The average Bonchev–Trinajstić information content (AvgIpc) is 2.56. The number of hydrogen-bond acceptors (Lipinski definition) is 3. The molecule has 0 spiro atoms. The lowest BCUT2D eigenvalue weighted by Gasteiger charge is -2.09. The average molecular weight is 337 g/mol. The number of amides is 1. The maximum absolute atomic E-state index is 12.5. The minimum absolute atomic E-state index is 0.134. The summed E-state index contributed by atoms with van der Waals surface area (Å²) in [6.07, 6.45) is -0.691. The Morgan fingerprint density at radius 3 is 2.38 bits per heavy atom. The normalized spacial score (nSPS) is 11.2. The molecular weight excluding hydrogens is 319 g/mol. The van der Waals surface area contributed by atoms with Crippen LogP contribution in [0.1, 0.15) is 35.7 Å². The zero-order chi connectivity index (χ0) is 17.6. The van der Waals surface area contributed by atoms with Gasteiger partial charge in [-0.1, -0.05) is 13.3 Å². The molecule has 0 saturated carbocycles. The molecule has 0 bridgehead atoms. The van der Waals surface area contributed by atoms with Gasteiger partial charge in [-0.2, -0.15) is 13.2 Å². The number of hydrogen-bond donors (Lipinski definition) is 2. The molecule has 0 aliphatic heterocycles. The van der Waals surface area contributed by atoms with Gasteiger partial charge in [0, 0.05) is 12.1 Å². The molecule has 2 rings (SSSR count). The van der Waals surface area contributed by atoms with Crippen LogP contribution in [0.15, 0.2) is 42.6 Å². The van der Waals surface area contributed by atoms with Gasteiger partial charge in [0.05, 0.1) is 17.4 Å². The molecule has 2 N–H and O–H groups in total. The fourth-order valence-corrected chi connectivity index (χ4v) is 1.98. The molecule has 0 radical (unpaired) electrons. The monoisotopic (exact) mass is 337 g/mol. The van der Waals surface area contributed by atoms with E-state index in [0.29, 0.717) is 5.82 Å². The maximum Gasteiger partial charge on any atom is 0.416 e. The van der Waals surface area contributed by atoms with Crippen molar-refractivity contribution in [2.75, 3.05) is 17.2 Å². The third kappa shape index (κ3) is 4.97. The Balaban J connectivity index is 1.96. The molecule has 7 heteroatoms. The lowest BCUT2D eigenvalue weighted by molar-refractivity contribution is -0.137. The zero-order valence-electron chi connectivity index (χ0n) is 13.2. The third-order valence-electron chi connectivity index (χ3n) is 3.34. The molecule has 4 nitrogen and oxygen atoms in total. The number of halogens is 3. The summed E-state index contributed by atoms with van der Waals surface area (Å²) in [5.41, 5.74) is 0.186. The maximum atomic E-state index is 12.5. The number of nitrogens with zero attached hydrogens (tertiary/aromatic N) is 1. The molecule has 24 heavy (non-hydrogen) atoms. The van der Waals surface area contributed by atoms with E-state index in [0.717, 1.165) is 49.3 Å². The van der Waals surface area contributed by atoms with Crippen LogP contribution in [0.3, 0.4) is 0 Å². The van der Waals surface area contributed by atoms with Gasteiger partial charge in [0.2, 0.25) is 0 Å². The van der Waals surface area contributed by atoms with Crippen molar-refractivity contribution < 1.29 is 18.0 Å². The van der Waals surface area contributed by atoms with Crippen molar-refractivity contribution in [2.45, 2.75) is 25.9 Å². The zero-order valence-corrected chi connectivity index (χ0v) is 13.2. The highest BCUT2D eigenvalue weighted by atomic mass is 19.4. The summed E-state index contributed by atoms with van der Waals surface area (Å²) in [7, 11) is 0. The molecule has 2 aromatic rings. The van der Waals surface area contributed by atoms with Gasteiger partial charge in [-0.15, -0.1) is 0 Å². The topological polar surface area (TPSA) is 54.0 Å². The summed E-state index contributed by atoms with van der Waals surface area (Å²) in [4.78, 5) is 16.1. The first kappa shape index (κ1) is 17.8. The predicted octanol–water partition coefficient (Wildman–Crippen LogP) is 4.56. The van der Waals surface area contributed by atoms with Crippen LogP contribution in [0.4, 0.5) is 24.7 Å². The van der Waals surface area contributed by atoms with Crippen LogP contribution in [0.2, 0.25) is 0 Å². The number of carbonyl (C=O) groups is 1. The molecule has 1 heterocycles. The van der Waals surface area contributed by atoms with Crippen LogP contribution >= 0.6 is 0 Å². The first-order chi connectivity index (χ1) is 11.4. The Labute approximate surface area is 138 Å². The van der Waals surface area contributed by atoms with Gasteiger partial charge in [0.1, 0.15) is 5.82 Å². The second-order valence-corrected chi connectivity index (χ2v) is 5.24. The van der Waals surface area contributed by atoms with Gasteiger partial charge in [-0.3, -0.25) is 4.79 Å². The fraction of sp³-hybridized carbons (Fsp3) is 0.294. The predicted molar refractivity (Wildman–Crippen MR) is 87.0 cm³/mol. The highest BCUT2D eigenvalue weighted by molar-refractivity contribution is 6.03. The molecule has 128 valence electrons. The van der Waals surface area contributed by atoms with Gasteiger partial charge in [-0.05, 0) is 42.8 Å². The van der Waals surface area contributed by atoms with Crippen molar-refractivity contribution in [3.05, 3.63) is 53.7 Å². The van der Waals surface area contributed by atoms with E-state index in [-0.39, 0.29) is 5.56 Å². The van der Waals surface area contributed by atoms with Gasteiger partial charge < -0.3 is 10.6 Å². The van der Waals surface area contributed by atoms with Crippen LogP contribution in [-0.2, 0) is 6.18 Å². The van der Waals surface area contributed by atoms with E-state index < -0.39 is 17.6 Å². The Hall–Kier alpha value is -2.57. The van der Waals surface area contributed by atoms with Crippen LogP contribution in [0.5, 0.6) is 0 Å². The second kappa shape index (κ2) is 7.81. The van der Waals surface area contributed by atoms with Crippen LogP contribution in [0.25, 0.3) is 0 Å². The highest BCUT2D eigenvalue weighted by Crippen LogP contribution is 2.29. The van der Waals surface area contributed by atoms with Gasteiger partial charge >= 0.3 is 6.18 Å². The molecule has 1 amide bonds. The number of alkyl halides is 3. The van der Waals surface area contributed by atoms with Crippen LogP contribution in [-0.4, -0.2) is 17.4 Å². The van der Waals surface area contributed by atoms with E-state index in [9.17, 15) is 18.0 Å². The van der Waals surface area contributed by atoms with E-state index in [1.165, 1.54) is 0 Å². The fourth-order valence-electron chi connectivity index (χ4n) is 1.98. The number of unbranched alkanes of at least 4 members (excludes halogenated alkanes) is 1. The van der Waals surface area contributed by atoms with Crippen molar-refractivity contribution in [1.29, 1.82) is 0 Å². The number of rotatable bonds is 6. The quantitative estimate of drug-likeness (QED) is 0.760. The molecule has 0 aliphatic carbocycles. The SMILES string of the molecule is CCCCNc1ccc(NC(=O)c2ccc(C(F)(F)F)cc2)nc1. The molecule has 1 aromatic carbocycles. The van der Waals surface area contributed by atoms with Crippen LogP contribution in [0, 0.1) is 0 Å². The summed E-state index contributed by atoms with van der Waals surface area (Å²) in [6, 6.07) is 7.45. The Morgan fingerprint density at radius 2 is 1.83 bits per heavy atom. The molecule has 0 fully saturated rings. The van der Waals surface area contributed by atoms with Crippen molar-refractivity contribution in [1.82, 2.24) is 4.98 Å². The molecule has 0 aliphatic rings. The number of aromatic nitrogens is 1. The van der Waals surface area contributed by atoms with E-state index in [4.69, 9.17) is 0 Å². The molecular formula is C17H18F3N3O. The van der Waals surface area contributed by atoms with Gasteiger partial charge in [0.25, 0.3) is 5.91 Å². The lowest BCUT2D eigenvalue weighted by Crippen LogP contribution is -2.14. The van der Waals surface area contributed by atoms with Gasteiger partial charge in [-0.25, -0.2) is 4.98 Å². The molecule has 0 atom stereocenters. The molecule has 1 aromatic heterocycles. The van der Waals surface area contributed by atoms with Crippen LogP contribution < -0.4 is 10.6 Å². The number of nitrogens with one attached hydrogen (secondary N) is 2. The number of carbonyl (C=O) groups excluding carboxylic acids is 1. The van der Waals surface area contributed by atoms with Crippen molar-refractivity contribution in [2.24, 2.45) is 0 Å². The third-order valence-corrected chi connectivity index (χ3v) is 3.34. The van der Waals surface area contributed by atoms with Crippen molar-refractivity contribution in [3.63, 3.8) is 0 Å². The number of benzene rings is 1. The van der Waals surface area contributed by atoms with Gasteiger partial charge in [0.15, 0.2) is 0 Å². The lowest BCUT2D eigenvalue weighted by atomic mass is 10.1.